The molecule has 2 amide bonds. The zero-order chi connectivity index (χ0) is 28.4. The number of benzene rings is 3. The minimum Gasteiger partial charge on any atom is -0.354 e. The zero-order valence-electron chi connectivity index (χ0n) is 23.3. The Morgan fingerprint density at radius 1 is 0.872 bits per heavy atom. The molecular formula is C31H39N3O4S. The summed E-state index contributed by atoms with van der Waals surface area (Å²) in [6.45, 7) is 7.88. The fourth-order valence-electron chi connectivity index (χ4n) is 4.40. The number of nitrogens with one attached hydrogen (secondary N) is 1. The van der Waals surface area contributed by atoms with Crippen molar-refractivity contribution >= 4 is 27.5 Å². The van der Waals surface area contributed by atoms with Gasteiger partial charge in [-0.3, -0.25) is 13.9 Å². The first-order valence-corrected chi connectivity index (χ1v) is 14.9. The molecule has 0 fully saturated rings. The molecule has 0 radical (unpaired) electrons. The Balaban J connectivity index is 2.03. The largest absolute Gasteiger partial charge is 0.354 e. The number of para-hydroxylation sites is 1. The standard InChI is InChI=1S/C31H39N3O4S/c1-5-7-21-32-31(36)28(6-2)33(22-26-14-9-8-10-15-26)30(35)23-34(29-16-12-11-13-25(29)4)39(37,38)27-19-17-24(3)18-20-27/h8-20,28H,5-7,21-23H2,1-4H3,(H,32,36). The molecule has 208 valence electrons. The number of aryl methyl sites for hydroxylation is 2. The predicted octanol–water partition coefficient (Wildman–Crippen LogP) is 5.22. The molecule has 0 spiro atoms. The van der Waals surface area contributed by atoms with Crippen LogP contribution in [0.5, 0.6) is 0 Å². The highest BCUT2D eigenvalue weighted by molar-refractivity contribution is 7.92. The fraction of sp³-hybridized carbons (Fsp3) is 0.355. The number of amides is 2. The first kappa shape index (κ1) is 29.9. The van der Waals surface area contributed by atoms with Gasteiger partial charge in [0, 0.05) is 13.1 Å². The Bertz CT molecular complexity index is 1340. The van der Waals surface area contributed by atoms with Crippen LogP contribution in [0.4, 0.5) is 5.69 Å². The maximum atomic E-state index is 14.0. The van der Waals surface area contributed by atoms with Crippen LogP contribution in [0.3, 0.4) is 0 Å². The second kappa shape index (κ2) is 13.9. The molecule has 0 heterocycles. The third-order valence-electron chi connectivity index (χ3n) is 6.68. The quantitative estimate of drug-likeness (QED) is 0.296. The lowest BCUT2D eigenvalue weighted by Crippen LogP contribution is -2.52. The van der Waals surface area contributed by atoms with E-state index in [1.807, 2.05) is 70.2 Å². The van der Waals surface area contributed by atoms with Crippen LogP contribution in [0.15, 0.2) is 83.8 Å². The summed E-state index contributed by atoms with van der Waals surface area (Å²) in [6, 6.07) is 22.4. The molecule has 0 aromatic heterocycles. The van der Waals surface area contributed by atoms with Gasteiger partial charge < -0.3 is 10.2 Å². The molecule has 7 nitrogen and oxygen atoms in total. The van der Waals surface area contributed by atoms with E-state index < -0.39 is 28.5 Å². The van der Waals surface area contributed by atoms with Crippen molar-refractivity contribution in [2.24, 2.45) is 0 Å². The summed E-state index contributed by atoms with van der Waals surface area (Å²) >= 11 is 0. The van der Waals surface area contributed by atoms with Crippen molar-refractivity contribution in [3.63, 3.8) is 0 Å². The van der Waals surface area contributed by atoms with Gasteiger partial charge in [0.1, 0.15) is 12.6 Å². The summed E-state index contributed by atoms with van der Waals surface area (Å²) in [7, 11) is -4.08. The van der Waals surface area contributed by atoms with Crippen molar-refractivity contribution in [2.75, 3.05) is 17.4 Å². The zero-order valence-corrected chi connectivity index (χ0v) is 24.1. The lowest BCUT2D eigenvalue weighted by Gasteiger charge is -2.33. The number of anilines is 1. The molecule has 0 bridgehead atoms. The van der Waals surface area contributed by atoms with Crippen LogP contribution in [-0.4, -0.2) is 44.3 Å². The van der Waals surface area contributed by atoms with Gasteiger partial charge in [-0.05, 0) is 56.0 Å². The average molecular weight is 550 g/mol. The normalized spacial score (nSPS) is 12.0. The van der Waals surface area contributed by atoms with Gasteiger partial charge >= 0.3 is 0 Å². The molecule has 0 aliphatic rings. The summed E-state index contributed by atoms with van der Waals surface area (Å²) in [5.41, 5.74) is 2.93. The van der Waals surface area contributed by atoms with Crippen LogP contribution < -0.4 is 9.62 Å². The number of rotatable bonds is 13. The van der Waals surface area contributed by atoms with E-state index in [9.17, 15) is 18.0 Å². The summed E-state index contributed by atoms with van der Waals surface area (Å²) < 4.78 is 29.0. The molecule has 39 heavy (non-hydrogen) atoms. The van der Waals surface area contributed by atoms with Crippen molar-refractivity contribution < 1.29 is 18.0 Å². The average Bonchev–Trinajstić information content (AvgIpc) is 2.93. The number of hydrogen-bond donors (Lipinski definition) is 1. The number of carbonyl (C=O) groups excluding carboxylic acids is 2. The highest BCUT2D eigenvalue weighted by Gasteiger charge is 2.34. The summed E-state index contributed by atoms with van der Waals surface area (Å²) in [6.07, 6.45) is 2.17. The van der Waals surface area contributed by atoms with Crippen LogP contribution >= 0.6 is 0 Å². The minimum absolute atomic E-state index is 0.100. The molecule has 8 heteroatoms. The van der Waals surface area contributed by atoms with Crippen LogP contribution in [-0.2, 0) is 26.2 Å². The first-order valence-electron chi connectivity index (χ1n) is 13.4. The van der Waals surface area contributed by atoms with Crippen LogP contribution in [0, 0.1) is 13.8 Å². The maximum absolute atomic E-state index is 14.0. The molecule has 3 aromatic carbocycles. The highest BCUT2D eigenvalue weighted by atomic mass is 32.2. The van der Waals surface area contributed by atoms with Gasteiger partial charge in [0.05, 0.1) is 10.6 Å². The van der Waals surface area contributed by atoms with Crippen molar-refractivity contribution in [1.29, 1.82) is 0 Å². The lowest BCUT2D eigenvalue weighted by atomic mass is 10.1. The minimum atomic E-state index is -4.08. The number of unbranched alkanes of at least 4 members (excludes halogenated alkanes) is 1. The molecular weight excluding hydrogens is 510 g/mol. The number of sulfonamides is 1. The maximum Gasteiger partial charge on any atom is 0.264 e. The second-order valence-electron chi connectivity index (χ2n) is 9.69. The fourth-order valence-corrected chi connectivity index (χ4v) is 5.88. The molecule has 1 atom stereocenters. The Morgan fingerprint density at radius 2 is 1.51 bits per heavy atom. The van der Waals surface area contributed by atoms with Gasteiger partial charge in [-0.2, -0.15) is 0 Å². The molecule has 0 saturated heterocycles. The first-order chi connectivity index (χ1) is 18.7. The van der Waals surface area contributed by atoms with Crippen molar-refractivity contribution in [2.45, 2.75) is 64.4 Å². The van der Waals surface area contributed by atoms with Crippen LogP contribution in [0.2, 0.25) is 0 Å². The molecule has 3 aromatic rings. The van der Waals surface area contributed by atoms with Gasteiger partial charge in [0.25, 0.3) is 10.0 Å². The van der Waals surface area contributed by atoms with E-state index in [-0.39, 0.29) is 17.3 Å². The number of carbonyl (C=O) groups is 2. The van der Waals surface area contributed by atoms with E-state index in [1.165, 1.54) is 4.90 Å². The molecule has 1 N–H and O–H groups in total. The van der Waals surface area contributed by atoms with E-state index in [0.717, 1.165) is 33.8 Å². The van der Waals surface area contributed by atoms with E-state index in [2.05, 4.69) is 5.32 Å². The Morgan fingerprint density at radius 3 is 2.13 bits per heavy atom. The summed E-state index contributed by atoms with van der Waals surface area (Å²) in [5, 5.41) is 2.95. The van der Waals surface area contributed by atoms with Gasteiger partial charge in [0.2, 0.25) is 11.8 Å². The lowest BCUT2D eigenvalue weighted by molar-refractivity contribution is -0.140. The van der Waals surface area contributed by atoms with E-state index in [1.54, 1.807) is 36.4 Å². The van der Waals surface area contributed by atoms with E-state index in [4.69, 9.17) is 0 Å². The molecule has 1 unspecified atom stereocenters. The van der Waals surface area contributed by atoms with E-state index >= 15 is 0 Å². The van der Waals surface area contributed by atoms with Crippen molar-refractivity contribution in [3.8, 4) is 0 Å². The van der Waals surface area contributed by atoms with Gasteiger partial charge in [0.15, 0.2) is 0 Å². The third-order valence-corrected chi connectivity index (χ3v) is 8.46. The Labute approximate surface area is 232 Å². The molecule has 0 saturated carbocycles. The summed E-state index contributed by atoms with van der Waals surface area (Å²) in [5.74, 6) is -0.686. The molecule has 0 aliphatic heterocycles. The number of hydrogen-bond acceptors (Lipinski definition) is 4. The van der Waals surface area contributed by atoms with Crippen LogP contribution in [0.25, 0.3) is 0 Å². The monoisotopic (exact) mass is 549 g/mol. The van der Waals surface area contributed by atoms with Crippen molar-refractivity contribution in [3.05, 3.63) is 95.6 Å². The van der Waals surface area contributed by atoms with Gasteiger partial charge in [-0.15, -0.1) is 0 Å². The van der Waals surface area contributed by atoms with E-state index in [0.29, 0.717) is 18.7 Å². The SMILES string of the molecule is CCCCNC(=O)C(CC)N(Cc1ccccc1)C(=O)CN(c1ccccc1C)S(=O)(=O)c1ccc(C)cc1. The smallest absolute Gasteiger partial charge is 0.264 e. The van der Waals surface area contributed by atoms with Gasteiger partial charge in [-0.25, -0.2) is 8.42 Å². The Kier molecular flexibility index (Phi) is 10.7. The van der Waals surface area contributed by atoms with Crippen LogP contribution in [0.1, 0.15) is 49.8 Å². The Hall–Kier alpha value is -3.65. The number of nitrogens with zero attached hydrogens (tertiary/aromatic N) is 2. The van der Waals surface area contributed by atoms with Crippen molar-refractivity contribution in [1.82, 2.24) is 10.2 Å². The third kappa shape index (κ3) is 7.69. The topological polar surface area (TPSA) is 86.8 Å². The highest BCUT2D eigenvalue weighted by Crippen LogP contribution is 2.27. The molecule has 0 aliphatic carbocycles. The van der Waals surface area contributed by atoms with Gasteiger partial charge in [-0.1, -0.05) is 86.5 Å². The predicted molar refractivity (Wildman–Crippen MR) is 156 cm³/mol. The molecule has 3 rings (SSSR count). The second-order valence-corrected chi connectivity index (χ2v) is 11.5. The summed E-state index contributed by atoms with van der Waals surface area (Å²) in [4.78, 5) is 28.9.